The number of rotatable bonds is 4. The number of nitrogens with zero attached hydrogens (tertiary/aromatic N) is 6. The molecule has 0 unspecified atom stereocenters. The first-order valence-electron chi connectivity index (χ1n) is 25.4. The van der Waals surface area contributed by atoms with Crippen LogP contribution in [-0.2, 0) is 0 Å². The average molecular weight is 969 g/mol. The molecule has 0 aliphatic carbocycles. The first-order chi connectivity index (χ1) is 37.7. The van der Waals surface area contributed by atoms with Gasteiger partial charge in [-0.2, -0.15) is 10.5 Å². The number of hydrogen-bond donors (Lipinski definition) is 0. The van der Waals surface area contributed by atoms with E-state index in [9.17, 15) is 10.5 Å². The zero-order valence-electron chi connectivity index (χ0n) is 40.3. The molecule has 6 aromatic heterocycles. The molecule has 8 heteroatoms. The highest BCUT2D eigenvalue weighted by Gasteiger charge is 2.35. The summed E-state index contributed by atoms with van der Waals surface area (Å²) in [4.78, 5) is 0. The lowest BCUT2D eigenvalue weighted by molar-refractivity contribution is 0.669. The van der Waals surface area contributed by atoms with Gasteiger partial charge in [-0.15, -0.1) is 0 Å². The van der Waals surface area contributed by atoms with Crippen molar-refractivity contribution >= 4 is 131 Å². The molecule has 0 bridgehead atoms. The second-order valence-corrected chi connectivity index (χ2v) is 19.7. The van der Waals surface area contributed by atoms with Crippen LogP contribution in [0, 0.1) is 22.7 Å². The van der Waals surface area contributed by atoms with E-state index in [0.29, 0.717) is 33.9 Å². The van der Waals surface area contributed by atoms with Gasteiger partial charge in [0.2, 0.25) is 0 Å². The molecule has 0 aliphatic heterocycles. The van der Waals surface area contributed by atoms with E-state index >= 15 is 0 Å². The van der Waals surface area contributed by atoms with Crippen molar-refractivity contribution in [1.29, 1.82) is 10.5 Å². The van der Waals surface area contributed by atoms with E-state index in [2.05, 4.69) is 212 Å². The number of para-hydroxylation sites is 8. The van der Waals surface area contributed by atoms with Crippen LogP contribution in [0.2, 0.25) is 0 Å². The highest BCUT2D eigenvalue weighted by Crippen LogP contribution is 2.51. The molecule has 0 saturated carbocycles. The number of benzene rings is 11. The van der Waals surface area contributed by atoms with Crippen molar-refractivity contribution in [2.24, 2.45) is 0 Å². The SMILES string of the molecule is N#Cc1c(-n2c3ccccc3c3ccccc32)c(-n2c3ccccc3c3ccc4oc5ccccc5c4c32)c(C#N)c(-n2c3ccccc3c3ccccc32)c1-n1c2ccccc2c2ccc3oc4ccccc4c3c21. The summed E-state index contributed by atoms with van der Waals surface area (Å²) >= 11 is 0. The van der Waals surface area contributed by atoms with E-state index in [1.165, 1.54) is 0 Å². The number of fused-ring (bicyclic) bond motifs is 20. The Morgan fingerprint density at radius 2 is 0.513 bits per heavy atom. The van der Waals surface area contributed by atoms with E-state index in [1.54, 1.807) is 0 Å². The average Bonchev–Trinajstić information content (AvgIpc) is 4.34. The molecule has 11 aromatic carbocycles. The van der Waals surface area contributed by atoms with Gasteiger partial charge in [-0.1, -0.05) is 146 Å². The third-order valence-electron chi connectivity index (χ3n) is 16.0. The lowest BCUT2D eigenvalue weighted by Crippen LogP contribution is -2.16. The van der Waals surface area contributed by atoms with Gasteiger partial charge in [-0.05, 0) is 72.8 Å². The summed E-state index contributed by atoms with van der Waals surface area (Å²) in [5.41, 5.74) is 13.0. The number of hydrogen-bond acceptors (Lipinski definition) is 4. The molecule has 17 rings (SSSR count). The maximum atomic E-state index is 12.9. The molecule has 0 radical (unpaired) electrons. The molecule has 76 heavy (non-hydrogen) atoms. The fraction of sp³-hybridized carbons (Fsp3) is 0. The first-order valence-corrected chi connectivity index (χ1v) is 25.4. The molecule has 8 nitrogen and oxygen atoms in total. The predicted octanol–water partition coefficient (Wildman–Crippen LogP) is 17.6. The highest BCUT2D eigenvalue weighted by molar-refractivity contribution is 6.27. The minimum atomic E-state index is 0.375. The van der Waals surface area contributed by atoms with Crippen LogP contribution in [-0.4, -0.2) is 18.3 Å². The molecule has 17 aromatic rings. The predicted molar refractivity (Wildman–Crippen MR) is 308 cm³/mol. The van der Waals surface area contributed by atoms with E-state index in [4.69, 9.17) is 8.83 Å². The van der Waals surface area contributed by atoms with Gasteiger partial charge in [0.15, 0.2) is 0 Å². The Hall–Kier alpha value is -10.8. The molecule has 0 N–H and O–H groups in total. The van der Waals surface area contributed by atoms with Crippen molar-refractivity contribution in [1.82, 2.24) is 18.3 Å². The maximum absolute atomic E-state index is 12.9. The normalized spacial score (nSPS) is 12.2. The van der Waals surface area contributed by atoms with Crippen LogP contribution in [0.25, 0.3) is 154 Å². The van der Waals surface area contributed by atoms with Crippen LogP contribution in [0.1, 0.15) is 11.1 Å². The molecule has 0 fully saturated rings. The van der Waals surface area contributed by atoms with Gasteiger partial charge in [-0.3, -0.25) is 0 Å². The van der Waals surface area contributed by atoms with Gasteiger partial charge >= 0.3 is 0 Å². The summed E-state index contributed by atoms with van der Waals surface area (Å²) in [5, 5.41) is 37.5. The third-order valence-corrected chi connectivity index (χ3v) is 16.0. The Morgan fingerprint density at radius 3 is 0.842 bits per heavy atom. The quantitative estimate of drug-likeness (QED) is 0.176. The van der Waals surface area contributed by atoms with Crippen LogP contribution >= 0.6 is 0 Å². The van der Waals surface area contributed by atoms with E-state index in [1.807, 2.05) is 36.4 Å². The third kappa shape index (κ3) is 5.09. The first kappa shape index (κ1) is 40.8. The lowest BCUT2D eigenvalue weighted by atomic mass is 9.98. The second-order valence-electron chi connectivity index (χ2n) is 19.7. The Kier molecular flexibility index (Phi) is 7.99. The summed E-state index contributed by atoms with van der Waals surface area (Å²) in [7, 11) is 0. The van der Waals surface area contributed by atoms with E-state index in [-0.39, 0.29) is 0 Å². The molecular formula is C68H36N6O2. The Morgan fingerprint density at radius 1 is 0.250 bits per heavy atom. The standard InChI is InChI=1S/C68H36N6O2/c69-37-49-65(71-51-25-9-1-17-39(51)40-18-2-10-26-52(40)71)67(73-55-29-13-5-21-43(55)45-33-35-59-61(63(45)73)47-23-7-15-31-57(47)75-59)50(38-70)66(72-53-27-11-3-19-41(53)42-20-4-12-28-54(42)72)68(49)74-56-30-14-6-22-44(56)46-34-36-60-62(64(46)74)48-24-8-16-32-58(48)76-60/h1-36H. The molecule has 350 valence electrons. The number of aromatic nitrogens is 4. The van der Waals surface area contributed by atoms with Crippen molar-refractivity contribution in [3.05, 3.63) is 230 Å². The monoisotopic (exact) mass is 968 g/mol. The molecule has 0 aliphatic rings. The van der Waals surface area contributed by atoms with Gasteiger partial charge in [0, 0.05) is 53.9 Å². The van der Waals surface area contributed by atoms with Gasteiger partial charge < -0.3 is 27.1 Å². The fourth-order valence-electron chi connectivity index (χ4n) is 13.1. The second kappa shape index (κ2) is 14.9. The molecule has 0 saturated heterocycles. The summed E-state index contributed by atoms with van der Waals surface area (Å²) in [6.07, 6.45) is 0. The molecule has 6 heterocycles. The number of nitriles is 2. The van der Waals surface area contributed by atoms with Crippen molar-refractivity contribution in [3.63, 3.8) is 0 Å². The smallest absolute Gasteiger partial charge is 0.137 e. The van der Waals surface area contributed by atoms with Gasteiger partial charge in [0.25, 0.3) is 0 Å². The fourth-order valence-corrected chi connectivity index (χ4v) is 13.1. The van der Waals surface area contributed by atoms with Crippen LogP contribution in [0.3, 0.4) is 0 Å². The van der Waals surface area contributed by atoms with Crippen LogP contribution in [0.4, 0.5) is 0 Å². The summed E-state index contributed by atoms with van der Waals surface area (Å²) < 4.78 is 22.4. The molecule has 0 amide bonds. The minimum absolute atomic E-state index is 0.375. The minimum Gasteiger partial charge on any atom is -0.456 e. The molecular weight excluding hydrogens is 933 g/mol. The zero-order valence-corrected chi connectivity index (χ0v) is 40.3. The van der Waals surface area contributed by atoms with Crippen molar-refractivity contribution in [2.45, 2.75) is 0 Å². The van der Waals surface area contributed by atoms with Crippen molar-refractivity contribution in [3.8, 4) is 34.9 Å². The summed E-state index contributed by atoms with van der Waals surface area (Å²) in [6, 6.07) is 81.0. The highest BCUT2D eigenvalue weighted by atomic mass is 16.3. The van der Waals surface area contributed by atoms with Crippen LogP contribution in [0.5, 0.6) is 0 Å². The Balaban J connectivity index is 1.22. The van der Waals surface area contributed by atoms with Crippen LogP contribution in [0.15, 0.2) is 227 Å². The van der Waals surface area contributed by atoms with Crippen molar-refractivity contribution < 1.29 is 8.83 Å². The molecule has 0 spiro atoms. The van der Waals surface area contributed by atoms with Gasteiger partial charge in [0.05, 0.1) is 77.7 Å². The molecule has 0 atom stereocenters. The summed E-state index contributed by atoms with van der Waals surface area (Å²) in [5.74, 6) is 0. The van der Waals surface area contributed by atoms with E-state index < -0.39 is 0 Å². The van der Waals surface area contributed by atoms with E-state index in [0.717, 1.165) is 131 Å². The zero-order chi connectivity index (χ0) is 49.9. The Bertz CT molecular complexity index is 5070. The van der Waals surface area contributed by atoms with Gasteiger partial charge in [0.1, 0.15) is 45.6 Å². The van der Waals surface area contributed by atoms with Crippen LogP contribution < -0.4 is 0 Å². The topological polar surface area (TPSA) is 93.6 Å². The van der Waals surface area contributed by atoms with Gasteiger partial charge in [-0.25, -0.2) is 0 Å². The largest absolute Gasteiger partial charge is 0.456 e. The Labute approximate surface area is 431 Å². The lowest BCUT2D eigenvalue weighted by Gasteiger charge is -2.27. The summed E-state index contributed by atoms with van der Waals surface area (Å²) in [6.45, 7) is 0. The van der Waals surface area contributed by atoms with Crippen molar-refractivity contribution in [2.75, 3.05) is 0 Å². The maximum Gasteiger partial charge on any atom is 0.137 e. The number of furan rings is 2.